The van der Waals surface area contributed by atoms with E-state index in [0.717, 1.165) is 5.57 Å². The quantitative estimate of drug-likeness (QED) is 0.563. The molecule has 0 bridgehead atoms. The van der Waals surface area contributed by atoms with E-state index in [1.807, 2.05) is 32.1 Å². The first kappa shape index (κ1) is 10.2. The van der Waals surface area contributed by atoms with Crippen LogP contribution in [0.2, 0.25) is 0 Å². The molecule has 0 saturated carbocycles. The molecule has 0 aliphatic carbocycles. The lowest BCUT2D eigenvalue weighted by molar-refractivity contribution is 0.233. The molecule has 0 saturated heterocycles. The van der Waals surface area contributed by atoms with Crippen LogP contribution in [0.3, 0.4) is 0 Å². The van der Waals surface area contributed by atoms with Crippen LogP contribution in [0, 0.1) is 0 Å². The number of rotatable bonds is 4. The molecule has 1 heteroatoms. The summed E-state index contributed by atoms with van der Waals surface area (Å²) >= 11 is 0. The van der Waals surface area contributed by atoms with Gasteiger partial charge in [0.05, 0.1) is 6.61 Å². The molecule has 0 aromatic rings. The maximum atomic E-state index is 4.89. The van der Waals surface area contributed by atoms with Gasteiger partial charge in [-0.3, -0.25) is 0 Å². The maximum Gasteiger partial charge on any atom is 0.0649 e. The molecule has 0 aliphatic rings. The fourth-order valence-electron chi connectivity index (χ4n) is 0.557. The average molecular weight is 152 g/mol. The second kappa shape index (κ2) is 5.93. The van der Waals surface area contributed by atoms with Crippen molar-refractivity contribution in [2.75, 3.05) is 13.7 Å². The van der Waals surface area contributed by atoms with Crippen LogP contribution in [0.15, 0.2) is 36.0 Å². The van der Waals surface area contributed by atoms with E-state index in [1.165, 1.54) is 5.57 Å². The Balaban J connectivity index is 3.84. The van der Waals surface area contributed by atoms with E-state index in [4.69, 9.17) is 4.74 Å². The molecule has 1 nitrogen and oxygen atoms in total. The van der Waals surface area contributed by atoms with Crippen LogP contribution >= 0.6 is 0 Å². The van der Waals surface area contributed by atoms with Gasteiger partial charge in [-0.2, -0.15) is 0 Å². The molecule has 0 amide bonds. The fraction of sp³-hybridized carbons (Fsp3) is 0.400. The summed E-state index contributed by atoms with van der Waals surface area (Å²) in [5.41, 5.74) is 2.27. The zero-order valence-corrected chi connectivity index (χ0v) is 7.55. The molecule has 0 aliphatic heterocycles. The third-order valence-corrected chi connectivity index (χ3v) is 1.20. The lowest BCUT2D eigenvalue weighted by Crippen LogP contribution is -1.82. The van der Waals surface area contributed by atoms with E-state index < -0.39 is 0 Å². The van der Waals surface area contributed by atoms with Crippen LogP contribution in [-0.4, -0.2) is 13.7 Å². The SMILES string of the molecule is C=C(C)/C=C/C(C)=C\COC. The number of hydrogen-bond acceptors (Lipinski definition) is 1. The van der Waals surface area contributed by atoms with Crippen LogP contribution in [-0.2, 0) is 4.74 Å². The van der Waals surface area contributed by atoms with E-state index in [1.54, 1.807) is 7.11 Å². The normalized spacial score (nSPS) is 12.5. The van der Waals surface area contributed by atoms with Gasteiger partial charge in [-0.25, -0.2) is 0 Å². The summed E-state index contributed by atoms with van der Waals surface area (Å²) < 4.78 is 4.89. The van der Waals surface area contributed by atoms with Gasteiger partial charge in [0.2, 0.25) is 0 Å². The zero-order chi connectivity index (χ0) is 8.69. The number of hydrogen-bond donors (Lipinski definition) is 0. The van der Waals surface area contributed by atoms with Crippen molar-refractivity contribution < 1.29 is 4.74 Å². The molecule has 0 atom stereocenters. The van der Waals surface area contributed by atoms with Crippen molar-refractivity contribution in [2.45, 2.75) is 13.8 Å². The van der Waals surface area contributed by atoms with Crippen molar-refractivity contribution in [2.24, 2.45) is 0 Å². The van der Waals surface area contributed by atoms with Gasteiger partial charge in [-0.1, -0.05) is 36.0 Å². The minimum absolute atomic E-state index is 0.673. The van der Waals surface area contributed by atoms with Crippen LogP contribution in [0.25, 0.3) is 0 Å². The Bertz CT molecular complexity index is 175. The first-order valence-electron chi connectivity index (χ1n) is 3.66. The third kappa shape index (κ3) is 7.07. The Morgan fingerprint density at radius 1 is 1.36 bits per heavy atom. The van der Waals surface area contributed by atoms with Gasteiger partial charge in [0.25, 0.3) is 0 Å². The molecule has 0 fully saturated rings. The van der Waals surface area contributed by atoms with E-state index >= 15 is 0 Å². The van der Waals surface area contributed by atoms with E-state index in [2.05, 4.69) is 6.58 Å². The summed E-state index contributed by atoms with van der Waals surface area (Å²) in [6, 6.07) is 0. The minimum atomic E-state index is 0.673. The molecule has 62 valence electrons. The summed E-state index contributed by atoms with van der Waals surface area (Å²) in [4.78, 5) is 0. The van der Waals surface area contributed by atoms with E-state index in [-0.39, 0.29) is 0 Å². The lowest BCUT2D eigenvalue weighted by Gasteiger charge is -1.92. The lowest BCUT2D eigenvalue weighted by atomic mass is 10.2. The van der Waals surface area contributed by atoms with Gasteiger partial charge in [0, 0.05) is 7.11 Å². The van der Waals surface area contributed by atoms with Gasteiger partial charge in [0.15, 0.2) is 0 Å². The molecular weight excluding hydrogens is 136 g/mol. The van der Waals surface area contributed by atoms with Crippen LogP contribution in [0.1, 0.15) is 13.8 Å². The topological polar surface area (TPSA) is 9.23 Å². The second-order valence-electron chi connectivity index (χ2n) is 2.58. The van der Waals surface area contributed by atoms with E-state index in [0.29, 0.717) is 6.61 Å². The summed E-state index contributed by atoms with van der Waals surface area (Å²) in [6.45, 7) is 8.45. The third-order valence-electron chi connectivity index (χ3n) is 1.20. The maximum absolute atomic E-state index is 4.89. The van der Waals surface area contributed by atoms with Crippen LogP contribution in [0.4, 0.5) is 0 Å². The number of methoxy groups -OCH3 is 1. The second-order valence-corrected chi connectivity index (χ2v) is 2.58. The molecule has 0 N–H and O–H groups in total. The van der Waals surface area contributed by atoms with Crippen molar-refractivity contribution in [1.29, 1.82) is 0 Å². The summed E-state index contributed by atoms with van der Waals surface area (Å²) in [5.74, 6) is 0. The highest BCUT2D eigenvalue weighted by atomic mass is 16.5. The molecule has 0 aromatic carbocycles. The van der Waals surface area contributed by atoms with Gasteiger partial charge in [-0.15, -0.1) is 0 Å². The molecule has 0 rings (SSSR count). The molecule has 11 heavy (non-hydrogen) atoms. The summed E-state index contributed by atoms with van der Waals surface area (Å²) in [6.07, 6.45) is 6.04. The highest BCUT2D eigenvalue weighted by Crippen LogP contribution is 1.98. The minimum Gasteiger partial charge on any atom is -0.381 e. The Morgan fingerprint density at radius 3 is 2.45 bits per heavy atom. The van der Waals surface area contributed by atoms with Crippen LogP contribution in [0.5, 0.6) is 0 Å². The van der Waals surface area contributed by atoms with Crippen LogP contribution < -0.4 is 0 Å². The standard InChI is InChI=1S/C10H16O/c1-9(2)5-6-10(3)7-8-11-4/h5-7H,1,8H2,2-4H3/b6-5+,10-7-. The highest BCUT2D eigenvalue weighted by molar-refractivity contribution is 5.23. The molecule has 0 spiro atoms. The molecule has 0 radical (unpaired) electrons. The Kier molecular flexibility index (Phi) is 5.49. The van der Waals surface area contributed by atoms with Crippen molar-refractivity contribution in [3.8, 4) is 0 Å². The number of allylic oxidation sites excluding steroid dienone is 4. The number of ether oxygens (including phenoxy) is 1. The first-order chi connectivity index (χ1) is 5.16. The summed E-state index contributed by atoms with van der Waals surface area (Å²) in [7, 11) is 1.69. The van der Waals surface area contributed by atoms with Gasteiger partial charge in [-0.05, 0) is 13.8 Å². The fourth-order valence-corrected chi connectivity index (χ4v) is 0.557. The Morgan fingerprint density at radius 2 is 2.00 bits per heavy atom. The van der Waals surface area contributed by atoms with Crippen molar-refractivity contribution in [3.63, 3.8) is 0 Å². The molecule has 0 aromatic heterocycles. The molecule has 0 heterocycles. The molecular formula is C10H16O. The van der Waals surface area contributed by atoms with E-state index in [9.17, 15) is 0 Å². The Labute approximate surface area is 69.1 Å². The highest BCUT2D eigenvalue weighted by Gasteiger charge is 1.80. The van der Waals surface area contributed by atoms with Gasteiger partial charge < -0.3 is 4.74 Å². The van der Waals surface area contributed by atoms with Gasteiger partial charge in [0.1, 0.15) is 0 Å². The smallest absolute Gasteiger partial charge is 0.0649 e. The van der Waals surface area contributed by atoms with Gasteiger partial charge >= 0.3 is 0 Å². The molecule has 0 unspecified atom stereocenters. The van der Waals surface area contributed by atoms with Crippen molar-refractivity contribution >= 4 is 0 Å². The largest absolute Gasteiger partial charge is 0.381 e. The van der Waals surface area contributed by atoms with Crippen molar-refractivity contribution in [1.82, 2.24) is 0 Å². The monoisotopic (exact) mass is 152 g/mol. The summed E-state index contributed by atoms with van der Waals surface area (Å²) in [5, 5.41) is 0. The van der Waals surface area contributed by atoms with Crippen molar-refractivity contribution in [3.05, 3.63) is 36.0 Å². The zero-order valence-electron chi connectivity index (χ0n) is 7.55. The first-order valence-corrected chi connectivity index (χ1v) is 3.66. The predicted molar refractivity (Wildman–Crippen MR) is 49.6 cm³/mol. The predicted octanol–water partition coefficient (Wildman–Crippen LogP) is 2.71. The Hall–Kier alpha value is -0.820. The average Bonchev–Trinajstić information content (AvgIpc) is 1.97.